The highest BCUT2D eigenvalue weighted by molar-refractivity contribution is 6.26. The van der Waals surface area contributed by atoms with E-state index in [1.165, 1.54) is 19.1 Å². The number of hydrogen-bond acceptors (Lipinski definition) is 5. The lowest BCUT2D eigenvalue weighted by molar-refractivity contribution is -0.115. The zero-order valence-electron chi connectivity index (χ0n) is 32.4. The Morgan fingerprint density at radius 2 is 1.57 bits per heavy atom. The number of amides is 1. The number of carbonyl (C=O) groups is 2. The molecule has 1 aromatic carbocycles. The number of benzene rings is 1. The molecule has 1 aliphatic rings. The molecule has 0 aliphatic heterocycles. The second kappa shape index (κ2) is 23.4. The lowest BCUT2D eigenvalue weighted by atomic mass is 9.71. The van der Waals surface area contributed by atoms with Crippen molar-refractivity contribution >= 4 is 18.1 Å². The summed E-state index contributed by atoms with van der Waals surface area (Å²) in [7, 11) is 0. The van der Waals surface area contributed by atoms with Gasteiger partial charge in [0.15, 0.2) is 0 Å². The number of rotatable bonds is 14. The molecule has 1 atom stereocenters. The fourth-order valence-corrected chi connectivity index (χ4v) is 5.77. The van der Waals surface area contributed by atoms with Crippen molar-refractivity contribution in [1.82, 2.24) is 5.32 Å². The second-order valence-electron chi connectivity index (χ2n) is 14.5. The first-order valence-corrected chi connectivity index (χ1v) is 18.2. The molecule has 2 rings (SSSR count). The van der Waals surface area contributed by atoms with Crippen LogP contribution in [-0.2, 0) is 14.3 Å². The molecule has 0 saturated heterocycles. The van der Waals surface area contributed by atoms with Gasteiger partial charge in [-0.2, -0.15) is 0 Å². The third-order valence-electron chi connectivity index (χ3n) is 8.46. The first-order chi connectivity index (χ1) is 22.1. The molecule has 1 aliphatic carbocycles. The monoisotopic (exact) mass is 655 g/mol. The molecular formula is C41H70N2O4. The quantitative estimate of drug-likeness (QED) is 0.0937. The average Bonchev–Trinajstić information content (AvgIpc) is 3.02. The van der Waals surface area contributed by atoms with E-state index in [0.717, 1.165) is 62.4 Å². The second-order valence-corrected chi connectivity index (χ2v) is 14.5. The molecule has 0 radical (unpaired) electrons. The molecule has 0 bridgehead atoms. The number of allylic oxidation sites excluding steroid dienone is 4. The Kier molecular flexibility index (Phi) is 22.0. The summed E-state index contributed by atoms with van der Waals surface area (Å²) in [6.45, 7) is 28.1. The molecule has 1 N–H and O–H groups in total. The Hall–Kier alpha value is -2.89. The van der Waals surface area contributed by atoms with Gasteiger partial charge in [0.1, 0.15) is 0 Å². The summed E-state index contributed by atoms with van der Waals surface area (Å²) in [5.74, 6) is 1.23. The SMILES string of the molecule is C/C=C\C=C(/C)OCC.CC.CCCC(C)(C)CCC(NC(=O)C=NC1CCC(C(C)(C)C)CC1)c1ccc(C(=O)OC(C)C)cc1. The molecule has 47 heavy (non-hydrogen) atoms. The van der Waals surface area contributed by atoms with Gasteiger partial charge in [0.25, 0.3) is 5.91 Å². The van der Waals surface area contributed by atoms with Crippen LogP contribution in [0.3, 0.4) is 0 Å². The number of esters is 1. The van der Waals surface area contributed by atoms with Crippen molar-refractivity contribution in [3.63, 3.8) is 0 Å². The van der Waals surface area contributed by atoms with E-state index in [0.29, 0.717) is 11.0 Å². The van der Waals surface area contributed by atoms with E-state index in [9.17, 15) is 9.59 Å². The summed E-state index contributed by atoms with van der Waals surface area (Å²) in [6, 6.07) is 7.55. The lowest BCUT2D eigenvalue weighted by Crippen LogP contribution is -2.31. The Balaban J connectivity index is 0.00000165. The van der Waals surface area contributed by atoms with E-state index >= 15 is 0 Å². The predicted octanol–water partition coefficient (Wildman–Crippen LogP) is 11.2. The topological polar surface area (TPSA) is 77.0 Å². The molecule has 0 spiro atoms. The van der Waals surface area contributed by atoms with Crippen LogP contribution in [0.1, 0.15) is 163 Å². The Morgan fingerprint density at radius 1 is 0.979 bits per heavy atom. The molecule has 0 heterocycles. The molecule has 1 unspecified atom stereocenters. The van der Waals surface area contributed by atoms with Crippen molar-refractivity contribution in [2.45, 2.75) is 160 Å². The molecule has 1 fully saturated rings. The van der Waals surface area contributed by atoms with Gasteiger partial charge in [-0.25, -0.2) is 4.79 Å². The van der Waals surface area contributed by atoms with Gasteiger partial charge >= 0.3 is 5.97 Å². The van der Waals surface area contributed by atoms with E-state index in [-0.39, 0.29) is 35.5 Å². The minimum absolute atomic E-state index is 0.133. The van der Waals surface area contributed by atoms with Crippen LogP contribution in [-0.4, -0.2) is 36.8 Å². The van der Waals surface area contributed by atoms with Crippen LogP contribution in [0.5, 0.6) is 0 Å². The van der Waals surface area contributed by atoms with Crippen molar-refractivity contribution in [3.8, 4) is 0 Å². The number of nitrogens with zero attached hydrogens (tertiary/aromatic N) is 1. The number of nitrogens with one attached hydrogen (secondary N) is 1. The molecule has 0 aromatic heterocycles. The van der Waals surface area contributed by atoms with Crippen LogP contribution in [0.4, 0.5) is 0 Å². The maximum atomic E-state index is 12.9. The van der Waals surface area contributed by atoms with Gasteiger partial charge in [-0.15, -0.1) is 0 Å². The van der Waals surface area contributed by atoms with Crippen molar-refractivity contribution in [2.24, 2.45) is 21.7 Å². The summed E-state index contributed by atoms with van der Waals surface area (Å²) in [5.41, 5.74) is 2.07. The highest BCUT2D eigenvalue weighted by Gasteiger charge is 2.29. The van der Waals surface area contributed by atoms with Crippen LogP contribution >= 0.6 is 0 Å². The van der Waals surface area contributed by atoms with E-state index in [2.05, 4.69) is 51.9 Å². The fourth-order valence-electron chi connectivity index (χ4n) is 5.77. The Labute approximate surface area is 289 Å². The van der Waals surface area contributed by atoms with Crippen molar-refractivity contribution < 1.29 is 19.1 Å². The van der Waals surface area contributed by atoms with E-state index in [1.807, 2.05) is 78.8 Å². The summed E-state index contributed by atoms with van der Waals surface area (Å²) in [4.78, 5) is 29.8. The first-order valence-electron chi connectivity index (χ1n) is 18.2. The minimum Gasteiger partial charge on any atom is -0.499 e. The number of aliphatic imine (C=N–C) groups is 1. The maximum absolute atomic E-state index is 12.9. The molecule has 6 heteroatoms. The summed E-state index contributed by atoms with van der Waals surface area (Å²) in [6.07, 6.45) is 15.8. The number of carbonyl (C=O) groups excluding carboxylic acids is 2. The van der Waals surface area contributed by atoms with Crippen LogP contribution < -0.4 is 5.32 Å². The smallest absolute Gasteiger partial charge is 0.338 e. The van der Waals surface area contributed by atoms with Gasteiger partial charge in [-0.3, -0.25) is 9.79 Å². The summed E-state index contributed by atoms with van der Waals surface area (Å²) in [5, 5.41) is 3.20. The van der Waals surface area contributed by atoms with Gasteiger partial charge in [0, 0.05) is 0 Å². The minimum atomic E-state index is -0.325. The van der Waals surface area contributed by atoms with E-state index in [4.69, 9.17) is 9.47 Å². The molecule has 1 saturated carbocycles. The van der Waals surface area contributed by atoms with Crippen molar-refractivity contribution in [3.05, 3.63) is 59.4 Å². The van der Waals surface area contributed by atoms with Gasteiger partial charge in [-0.05, 0) is 120 Å². The lowest BCUT2D eigenvalue weighted by Gasteiger charge is -2.35. The normalized spacial score (nSPS) is 17.8. The molecule has 1 aromatic rings. The molecular weight excluding hydrogens is 584 g/mol. The molecule has 1 amide bonds. The van der Waals surface area contributed by atoms with E-state index in [1.54, 1.807) is 12.1 Å². The summed E-state index contributed by atoms with van der Waals surface area (Å²) < 4.78 is 10.5. The summed E-state index contributed by atoms with van der Waals surface area (Å²) >= 11 is 0. The van der Waals surface area contributed by atoms with E-state index < -0.39 is 0 Å². The van der Waals surface area contributed by atoms with Gasteiger partial charge in [0.05, 0.1) is 42.3 Å². The van der Waals surface area contributed by atoms with Gasteiger partial charge in [-0.1, -0.05) is 86.1 Å². The fraction of sp³-hybridized carbons (Fsp3) is 0.683. The third-order valence-corrected chi connectivity index (χ3v) is 8.46. The average molecular weight is 655 g/mol. The largest absolute Gasteiger partial charge is 0.499 e. The number of hydrogen-bond donors (Lipinski definition) is 1. The van der Waals surface area contributed by atoms with Crippen molar-refractivity contribution in [2.75, 3.05) is 6.61 Å². The van der Waals surface area contributed by atoms with Crippen molar-refractivity contribution in [1.29, 1.82) is 0 Å². The van der Waals surface area contributed by atoms with Crippen LogP contribution in [0.25, 0.3) is 0 Å². The van der Waals surface area contributed by atoms with Gasteiger partial charge in [0.2, 0.25) is 0 Å². The first kappa shape index (κ1) is 44.1. The van der Waals surface area contributed by atoms with Crippen LogP contribution in [0.2, 0.25) is 0 Å². The third kappa shape index (κ3) is 19.5. The highest BCUT2D eigenvalue weighted by Crippen LogP contribution is 2.38. The standard InChI is InChI=1S/C31H50N2O3.C8H14O.C2H6/c1-9-19-31(7,8)20-18-27(23-10-12-24(13-11-23)29(35)36-22(2)3)33-28(34)21-32-26-16-14-25(15-17-26)30(4,5)6;1-4-6-7-8(3)9-5-2;1-2/h10-13,21-22,25-27H,9,14-20H2,1-8H3,(H,33,34);4,6-7H,5H2,1-3H3;1-2H3/b;6-4-,8-7+;. The Bertz CT molecular complexity index is 1090. The zero-order valence-corrected chi connectivity index (χ0v) is 32.4. The maximum Gasteiger partial charge on any atom is 0.338 e. The zero-order chi connectivity index (χ0) is 36.0. The highest BCUT2D eigenvalue weighted by atomic mass is 16.5. The molecule has 6 nitrogen and oxygen atoms in total. The van der Waals surface area contributed by atoms with Crippen LogP contribution in [0, 0.1) is 16.7 Å². The number of ether oxygens (including phenoxy) is 2. The Morgan fingerprint density at radius 3 is 2.06 bits per heavy atom. The van der Waals surface area contributed by atoms with Crippen LogP contribution in [0.15, 0.2) is 53.2 Å². The molecule has 268 valence electrons. The predicted molar refractivity (Wildman–Crippen MR) is 201 cm³/mol. The van der Waals surface area contributed by atoms with Gasteiger partial charge < -0.3 is 14.8 Å².